The fourth-order valence-electron chi connectivity index (χ4n) is 3.28. The number of nitrogens with one attached hydrogen (secondary N) is 1. The lowest BCUT2D eigenvalue weighted by molar-refractivity contribution is -0.137. The van der Waals surface area contributed by atoms with Crippen molar-refractivity contribution in [1.29, 1.82) is 0 Å². The van der Waals surface area contributed by atoms with Crippen LogP contribution in [0.25, 0.3) is 0 Å². The van der Waals surface area contributed by atoms with Crippen LogP contribution in [0.1, 0.15) is 38.5 Å². The third kappa shape index (κ3) is 2.94. The van der Waals surface area contributed by atoms with E-state index in [2.05, 4.69) is 5.32 Å². The Morgan fingerprint density at radius 1 is 1.33 bits per heavy atom. The first-order valence-electron chi connectivity index (χ1n) is 6.18. The fourth-order valence-corrected chi connectivity index (χ4v) is 3.28. The highest BCUT2D eigenvalue weighted by atomic mass is 16.4. The number of carbonyl (C=O) groups is 1. The normalized spacial score (nSPS) is 33.5. The van der Waals surface area contributed by atoms with E-state index in [4.69, 9.17) is 5.11 Å². The number of rotatable bonds is 6. The highest BCUT2D eigenvalue weighted by molar-refractivity contribution is 5.66. The maximum atomic E-state index is 10.3. The molecule has 2 aliphatic carbocycles. The van der Waals surface area contributed by atoms with Gasteiger partial charge < -0.3 is 10.4 Å². The molecule has 0 radical (unpaired) electrons. The van der Waals surface area contributed by atoms with E-state index in [0.717, 1.165) is 37.3 Å². The largest absolute Gasteiger partial charge is 0.481 e. The molecule has 0 aromatic rings. The van der Waals surface area contributed by atoms with Crippen LogP contribution in [0.2, 0.25) is 0 Å². The van der Waals surface area contributed by atoms with Crippen molar-refractivity contribution in [3.63, 3.8) is 0 Å². The highest BCUT2D eigenvalue weighted by Gasteiger charge is 2.38. The van der Waals surface area contributed by atoms with Gasteiger partial charge in [-0.2, -0.15) is 0 Å². The van der Waals surface area contributed by atoms with Crippen molar-refractivity contribution in [2.24, 2.45) is 17.8 Å². The van der Waals surface area contributed by atoms with E-state index >= 15 is 0 Å². The molecule has 3 atom stereocenters. The van der Waals surface area contributed by atoms with Crippen molar-refractivity contribution in [3.05, 3.63) is 0 Å². The molecular weight excluding hydrogens is 190 g/mol. The summed E-state index contributed by atoms with van der Waals surface area (Å²) in [6, 6.07) is 0. The van der Waals surface area contributed by atoms with Gasteiger partial charge in [0.05, 0.1) is 0 Å². The van der Waals surface area contributed by atoms with Crippen LogP contribution in [0.15, 0.2) is 0 Å². The van der Waals surface area contributed by atoms with E-state index in [1.54, 1.807) is 0 Å². The second-order valence-corrected chi connectivity index (χ2v) is 5.14. The van der Waals surface area contributed by atoms with Crippen molar-refractivity contribution >= 4 is 5.97 Å². The molecule has 15 heavy (non-hydrogen) atoms. The number of hydrogen-bond donors (Lipinski definition) is 2. The molecule has 2 fully saturated rings. The predicted molar refractivity (Wildman–Crippen MR) is 58.7 cm³/mol. The Bertz CT molecular complexity index is 230. The third-order valence-corrected chi connectivity index (χ3v) is 4.04. The summed E-state index contributed by atoms with van der Waals surface area (Å²) in [5.74, 6) is 2.19. The Morgan fingerprint density at radius 2 is 2.20 bits per heavy atom. The zero-order valence-electron chi connectivity index (χ0n) is 9.24. The fraction of sp³-hybridized carbons (Fsp3) is 0.917. The quantitative estimate of drug-likeness (QED) is 0.659. The second kappa shape index (κ2) is 4.97. The maximum absolute atomic E-state index is 10.3. The van der Waals surface area contributed by atoms with E-state index in [1.807, 2.05) is 0 Å². The SMILES string of the molecule is O=C(O)CCCNCC1CC2CCC1C2. The summed E-state index contributed by atoms with van der Waals surface area (Å²) in [6.45, 7) is 1.97. The number of fused-ring (bicyclic) bond motifs is 2. The van der Waals surface area contributed by atoms with E-state index in [0.29, 0.717) is 6.42 Å². The van der Waals surface area contributed by atoms with Gasteiger partial charge in [0.2, 0.25) is 0 Å². The molecule has 2 saturated carbocycles. The monoisotopic (exact) mass is 211 g/mol. The lowest BCUT2D eigenvalue weighted by atomic mass is 9.89. The molecule has 3 nitrogen and oxygen atoms in total. The van der Waals surface area contributed by atoms with Gasteiger partial charge in [0, 0.05) is 6.42 Å². The molecule has 0 aliphatic heterocycles. The lowest BCUT2D eigenvalue weighted by Crippen LogP contribution is -2.27. The Balaban J connectivity index is 1.53. The zero-order valence-corrected chi connectivity index (χ0v) is 9.24. The van der Waals surface area contributed by atoms with Crippen LogP contribution in [0.4, 0.5) is 0 Å². The van der Waals surface area contributed by atoms with Crippen LogP contribution in [-0.4, -0.2) is 24.2 Å². The maximum Gasteiger partial charge on any atom is 0.303 e. The van der Waals surface area contributed by atoms with Crippen LogP contribution in [0.5, 0.6) is 0 Å². The van der Waals surface area contributed by atoms with Gasteiger partial charge in [-0.25, -0.2) is 0 Å². The van der Waals surface area contributed by atoms with E-state index in [9.17, 15) is 4.79 Å². The smallest absolute Gasteiger partial charge is 0.303 e. The lowest BCUT2D eigenvalue weighted by Gasteiger charge is -2.21. The molecule has 2 bridgehead atoms. The number of aliphatic carboxylic acids is 1. The molecule has 0 aromatic carbocycles. The molecule has 2 aliphatic rings. The molecule has 3 unspecified atom stereocenters. The van der Waals surface area contributed by atoms with E-state index in [-0.39, 0.29) is 0 Å². The van der Waals surface area contributed by atoms with Crippen LogP contribution >= 0.6 is 0 Å². The predicted octanol–water partition coefficient (Wildman–Crippen LogP) is 1.88. The molecule has 3 heteroatoms. The molecule has 0 heterocycles. The summed E-state index contributed by atoms with van der Waals surface area (Å²) >= 11 is 0. The van der Waals surface area contributed by atoms with Gasteiger partial charge in [-0.1, -0.05) is 6.42 Å². The minimum Gasteiger partial charge on any atom is -0.481 e. The molecule has 0 saturated heterocycles. The van der Waals surface area contributed by atoms with Gasteiger partial charge in [0.1, 0.15) is 0 Å². The van der Waals surface area contributed by atoms with Crippen LogP contribution in [0, 0.1) is 17.8 Å². The minimum absolute atomic E-state index is 0.295. The Hall–Kier alpha value is -0.570. The van der Waals surface area contributed by atoms with Crippen molar-refractivity contribution < 1.29 is 9.90 Å². The summed E-state index contributed by atoms with van der Waals surface area (Å²) in [5, 5.41) is 11.9. The molecular formula is C12H21NO2. The van der Waals surface area contributed by atoms with Crippen LogP contribution in [-0.2, 0) is 4.79 Å². The third-order valence-electron chi connectivity index (χ3n) is 4.04. The van der Waals surface area contributed by atoms with E-state index in [1.165, 1.54) is 25.7 Å². The van der Waals surface area contributed by atoms with Gasteiger partial charge in [0.15, 0.2) is 0 Å². The average Bonchev–Trinajstić information content (AvgIpc) is 2.78. The summed E-state index contributed by atoms with van der Waals surface area (Å²) in [6.07, 6.45) is 6.82. The van der Waals surface area contributed by atoms with Crippen molar-refractivity contribution in [2.45, 2.75) is 38.5 Å². The van der Waals surface area contributed by atoms with Crippen LogP contribution in [0.3, 0.4) is 0 Å². The Morgan fingerprint density at radius 3 is 2.80 bits per heavy atom. The zero-order chi connectivity index (χ0) is 10.7. The summed E-state index contributed by atoms with van der Waals surface area (Å²) in [5.41, 5.74) is 0. The van der Waals surface area contributed by atoms with Gasteiger partial charge in [-0.05, 0) is 56.5 Å². The van der Waals surface area contributed by atoms with Crippen molar-refractivity contribution in [1.82, 2.24) is 5.32 Å². The first-order chi connectivity index (χ1) is 7.25. The van der Waals surface area contributed by atoms with Gasteiger partial charge >= 0.3 is 5.97 Å². The van der Waals surface area contributed by atoms with Crippen molar-refractivity contribution in [3.8, 4) is 0 Å². The second-order valence-electron chi connectivity index (χ2n) is 5.14. The van der Waals surface area contributed by atoms with E-state index < -0.39 is 5.97 Å². The summed E-state index contributed by atoms with van der Waals surface area (Å²) in [7, 11) is 0. The Labute approximate surface area is 91.2 Å². The minimum atomic E-state index is -0.684. The first-order valence-corrected chi connectivity index (χ1v) is 6.18. The standard InChI is InChI=1S/C12H21NO2/c14-12(15)2-1-5-13-8-11-7-9-3-4-10(11)6-9/h9-11,13H,1-8H2,(H,14,15). The average molecular weight is 211 g/mol. The molecule has 2 N–H and O–H groups in total. The Kier molecular flexibility index (Phi) is 3.62. The first kappa shape index (κ1) is 10.9. The summed E-state index contributed by atoms with van der Waals surface area (Å²) < 4.78 is 0. The molecule has 0 amide bonds. The topological polar surface area (TPSA) is 49.3 Å². The molecule has 0 spiro atoms. The summed E-state index contributed by atoms with van der Waals surface area (Å²) in [4.78, 5) is 10.3. The van der Waals surface area contributed by atoms with Gasteiger partial charge in [-0.3, -0.25) is 4.79 Å². The van der Waals surface area contributed by atoms with Gasteiger partial charge in [0.25, 0.3) is 0 Å². The number of hydrogen-bond acceptors (Lipinski definition) is 2. The van der Waals surface area contributed by atoms with Crippen molar-refractivity contribution in [2.75, 3.05) is 13.1 Å². The molecule has 86 valence electrons. The van der Waals surface area contributed by atoms with Gasteiger partial charge in [-0.15, -0.1) is 0 Å². The highest BCUT2D eigenvalue weighted by Crippen LogP contribution is 2.47. The molecule has 2 rings (SSSR count). The molecule has 0 aromatic heterocycles. The van der Waals surface area contributed by atoms with Crippen LogP contribution < -0.4 is 5.32 Å². The number of carboxylic acid groups (broad SMARTS) is 1. The number of carboxylic acids is 1.